The van der Waals surface area contributed by atoms with Gasteiger partial charge in [-0.2, -0.15) is 0 Å². The molecule has 0 bridgehead atoms. The highest BCUT2D eigenvalue weighted by Gasteiger charge is 2.57. The quantitative estimate of drug-likeness (QED) is 0.522. The van der Waals surface area contributed by atoms with E-state index in [1.165, 1.54) is 32.2 Å². The number of furan rings is 1. The zero-order valence-corrected chi connectivity index (χ0v) is 17.0. The van der Waals surface area contributed by atoms with E-state index >= 15 is 4.39 Å². The number of esters is 2. The van der Waals surface area contributed by atoms with Crippen LogP contribution in [0, 0.1) is 5.92 Å². The number of halogens is 1. The van der Waals surface area contributed by atoms with Gasteiger partial charge in [0.1, 0.15) is 12.2 Å². The van der Waals surface area contributed by atoms with E-state index in [-0.39, 0.29) is 5.76 Å². The second-order valence-electron chi connectivity index (χ2n) is 7.30. The third-order valence-corrected chi connectivity index (χ3v) is 4.67. The van der Waals surface area contributed by atoms with Gasteiger partial charge in [-0.3, -0.25) is 14.2 Å². The number of alkyl halides is 1. The number of aromatic nitrogens is 2. The fraction of sp³-hybridized carbons (Fsp3) is 0.474. The summed E-state index contributed by atoms with van der Waals surface area (Å²) in [6.45, 7) is 1.18. The molecule has 0 spiro atoms. The van der Waals surface area contributed by atoms with E-state index in [1.807, 2.05) is 0 Å². The van der Waals surface area contributed by atoms with Gasteiger partial charge in [-0.1, -0.05) is 13.8 Å². The number of rotatable bonds is 7. The average molecular weight is 456 g/mol. The van der Waals surface area contributed by atoms with E-state index in [0.29, 0.717) is 9.13 Å². The van der Waals surface area contributed by atoms with Crippen molar-refractivity contribution in [3.8, 4) is 0 Å². The third kappa shape index (κ3) is 4.49. The van der Waals surface area contributed by atoms with E-state index in [2.05, 4.69) is 0 Å². The van der Waals surface area contributed by atoms with Crippen LogP contribution in [-0.4, -0.2) is 56.0 Å². The summed E-state index contributed by atoms with van der Waals surface area (Å²) in [6.07, 6.45) is -3.75. The van der Waals surface area contributed by atoms with E-state index < -0.39 is 66.7 Å². The highest BCUT2D eigenvalue weighted by molar-refractivity contribution is 5.86. The first-order chi connectivity index (χ1) is 15.0. The van der Waals surface area contributed by atoms with Gasteiger partial charge in [0.05, 0.1) is 12.2 Å². The molecular weight excluding hydrogens is 435 g/mol. The zero-order chi connectivity index (χ0) is 23.6. The smallest absolute Gasteiger partial charge is 0.375 e. The molecule has 2 N–H and O–H groups in total. The number of aliphatic hydroxyl groups is 2. The highest BCUT2D eigenvalue weighted by Crippen LogP contribution is 2.38. The van der Waals surface area contributed by atoms with E-state index in [0.717, 1.165) is 12.3 Å². The molecule has 0 unspecified atom stereocenters. The second-order valence-corrected chi connectivity index (χ2v) is 7.30. The number of aliphatic hydroxyl groups excluding tert-OH is 2. The number of nitrogens with zero attached hydrogens (tertiary/aromatic N) is 2. The normalized spacial score (nSPS) is 25.1. The summed E-state index contributed by atoms with van der Waals surface area (Å²) < 4.78 is 35.7. The van der Waals surface area contributed by atoms with Crippen molar-refractivity contribution in [1.29, 1.82) is 0 Å². The van der Waals surface area contributed by atoms with Crippen molar-refractivity contribution in [1.82, 2.24) is 9.13 Å². The van der Waals surface area contributed by atoms with Crippen LogP contribution in [0.4, 0.5) is 4.39 Å². The summed E-state index contributed by atoms with van der Waals surface area (Å²) in [5, 5.41) is 20.3. The summed E-state index contributed by atoms with van der Waals surface area (Å²) in [5.41, 5.74) is -1.98. The molecule has 0 aromatic carbocycles. The molecule has 1 fully saturated rings. The van der Waals surface area contributed by atoms with E-state index in [1.54, 1.807) is 0 Å². The minimum atomic E-state index is -3.01. The third-order valence-electron chi connectivity index (χ3n) is 4.67. The minimum Gasteiger partial charge on any atom is -0.459 e. The number of carbonyl (C=O) groups excluding carboxylic acids is 2. The summed E-state index contributed by atoms with van der Waals surface area (Å²) >= 11 is 0. The lowest BCUT2D eigenvalue weighted by molar-refractivity contribution is -0.218. The molecule has 2 aromatic rings. The van der Waals surface area contributed by atoms with Crippen molar-refractivity contribution in [2.45, 2.75) is 44.9 Å². The molecular formula is C19H21FN2O10. The van der Waals surface area contributed by atoms with Gasteiger partial charge in [-0.25, -0.2) is 18.5 Å². The van der Waals surface area contributed by atoms with Crippen molar-refractivity contribution in [2.75, 3.05) is 6.61 Å². The molecule has 13 heteroatoms. The van der Waals surface area contributed by atoms with Crippen molar-refractivity contribution < 1.29 is 42.8 Å². The van der Waals surface area contributed by atoms with Crippen molar-refractivity contribution >= 4 is 11.9 Å². The Balaban J connectivity index is 1.81. The van der Waals surface area contributed by atoms with Gasteiger partial charge in [0, 0.05) is 12.3 Å². The molecule has 12 nitrogen and oxygen atoms in total. The lowest BCUT2D eigenvalue weighted by Gasteiger charge is -2.23. The lowest BCUT2D eigenvalue weighted by atomic mass is 10.1. The van der Waals surface area contributed by atoms with E-state index in [4.69, 9.17) is 18.6 Å². The van der Waals surface area contributed by atoms with Crippen LogP contribution in [0.3, 0.4) is 0 Å². The molecule has 1 aliphatic heterocycles. The largest absolute Gasteiger partial charge is 0.459 e. The number of hydrogen-bond acceptors (Lipinski definition) is 10. The van der Waals surface area contributed by atoms with Gasteiger partial charge in [0.15, 0.2) is 19.6 Å². The molecule has 3 heterocycles. The number of hydrogen-bond donors (Lipinski definition) is 2. The van der Waals surface area contributed by atoms with Gasteiger partial charge >= 0.3 is 17.6 Å². The van der Waals surface area contributed by atoms with Gasteiger partial charge in [-0.05, 0) is 12.1 Å². The van der Waals surface area contributed by atoms with Crippen molar-refractivity contribution in [3.05, 3.63) is 57.3 Å². The predicted molar refractivity (Wildman–Crippen MR) is 101 cm³/mol. The maximum atomic E-state index is 15.1. The Hall–Kier alpha value is -3.29. The standard InChI is InChI=1S/C19H21FN2O10/c1-10(2)16(26)30-8-19(20)14(25)13(24)15(32-19)21-6-5-12(23)22(18(21)28)9-31-17(27)11-4-3-7-29-11/h3-7,10,13-15,24-25H,8-9H2,1-2H3/t13-,14+,15-,19-/m1/s1. The fourth-order valence-electron chi connectivity index (χ4n) is 2.86. The Morgan fingerprint density at radius 2 is 1.97 bits per heavy atom. The molecule has 1 aliphatic rings. The van der Waals surface area contributed by atoms with Gasteiger partial charge in [0.25, 0.3) is 11.4 Å². The van der Waals surface area contributed by atoms with Crippen molar-refractivity contribution in [3.63, 3.8) is 0 Å². The molecule has 1 saturated heterocycles. The monoisotopic (exact) mass is 456 g/mol. The summed E-state index contributed by atoms with van der Waals surface area (Å²) in [4.78, 5) is 48.3. The average Bonchev–Trinajstić information content (AvgIpc) is 3.36. The molecule has 2 aromatic heterocycles. The zero-order valence-electron chi connectivity index (χ0n) is 17.0. The van der Waals surface area contributed by atoms with Crippen LogP contribution >= 0.6 is 0 Å². The maximum absolute atomic E-state index is 15.1. The van der Waals surface area contributed by atoms with Crippen LogP contribution in [0.5, 0.6) is 0 Å². The first kappa shape index (κ1) is 23.4. The van der Waals surface area contributed by atoms with E-state index in [9.17, 15) is 29.4 Å². The maximum Gasteiger partial charge on any atom is 0.375 e. The van der Waals surface area contributed by atoms with Crippen LogP contribution in [0.2, 0.25) is 0 Å². The van der Waals surface area contributed by atoms with Crippen LogP contribution in [0.25, 0.3) is 0 Å². The molecule has 0 saturated carbocycles. The Morgan fingerprint density at radius 3 is 2.59 bits per heavy atom. The highest BCUT2D eigenvalue weighted by atomic mass is 19.2. The summed E-state index contributed by atoms with van der Waals surface area (Å²) in [6, 6.07) is 3.64. The first-order valence-electron chi connectivity index (χ1n) is 9.47. The molecule has 0 radical (unpaired) electrons. The SMILES string of the molecule is CC(C)C(=O)OC[C@@]1(F)O[C@@H](n2ccc(=O)n(COC(=O)c3ccco3)c2=O)[C@H](O)[C@@H]1O. The lowest BCUT2D eigenvalue weighted by Crippen LogP contribution is -2.44. The molecule has 174 valence electrons. The van der Waals surface area contributed by atoms with Gasteiger partial charge < -0.3 is 28.8 Å². The Labute approximate surface area is 179 Å². The Morgan fingerprint density at radius 1 is 1.25 bits per heavy atom. The predicted octanol–water partition coefficient (Wildman–Crippen LogP) is -0.467. The molecule has 32 heavy (non-hydrogen) atoms. The number of ether oxygens (including phenoxy) is 3. The Bertz CT molecular complexity index is 1090. The van der Waals surface area contributed by atoms with Crippen LogP contribution in [-0.2, 0) is 25.7 Å². The van der Waals surface area contributed by atoms with Crippen molar-refractivity contribution in [2.24, 2.45) is 5.92 Å². The first-order valence-corrected chi connectivity index (χ1v) is 9.47. The molecule has 3 rings (SSSR count). The molecule has 4 atom stereocenters. The minimum absolute atomic E-state index is 0.162. The topological polar surface area (TPSA) is 159 Å². The molecule has 0 aliphatic carbocycles. The van der Waals surface area contributed by atoms with Gasteiger partial charge in [-0.15, -0.1) is 0 Å². The fourth-order valence-corrected chi connectivity index (χ4v) is 2.86. The summed E-state index contributed by atoms with van der Waals surface area (Å²) in [5.74, 6) is -5.46. The van der Waals surface area contributed by atoms with Gasteiger partial charge in [0.2, 0.25) is 5.76 Å². The Kier molecular flexibility index (Phi) is 6.62. The second kappa shape index (κ2) is 9.06. The molecule has 0 amide bonds. The van der Waals surface area contributed by atoms with Crippen LogP contribution < -0.4 is 11.2 Å². The number of carbonyl (C=O) groups is 2. The summed E-state index contributed by atoms with van der Waals surface area (Å²) in [7, 11) is 0. The van der Waals surface area contributed by atoms with Crippen LogP contribution in [0.15, 0.2) is 44.7 Å². The van der Waals surface area contributed by atoms with Crippen LogP contribution in [0.1, 0.15) is 30.6 Å².